The minimum atomic E-state index is 1.24. The molecule has 0 bridgehead atoms. The fraction of sp³-hybridized carbons (Fsp3) is 0.400. The molecule has 0 heterocycles. The molecule has 0 spiro atoms. The van der Waals surface area contributed by atoms with Gasteiger partial charge in [0, 0.05) is 0 Å². The number of aryl methyl sites for hydroxylation is 1. The van der Waals surface area contributed by atoms with Crippen molar-refractivity contribution < 1.29 is 0 Å². The average Bonchev–Trinajstić information content (AvgIpc) is 2.07. The van der Waals surface area contributed by atoms with Crippen molar-refractivity contribution in [1.29, 1.82) is 0 Å². The summed E-state index contributed by atoms with van der Waals surface area (Å²) in [5.41, 5.74) is 1.47. The van der Waals surface area contributed by atoms with E-state index in [1.165, 1.54) is 32.0 Å². The molecule has 1 aromatic rings. The summed E-state index contributed by atoms with van der Waals surface area (Å²) in [6.07, 6.45) is 3.93. The van der Waals surface area contributed by atoms with Crippen LogP contribution >= 0.6 is 0 Å². The molecule has 1 rings (SSSR count). The van der Waals surface area contributed by atoms with E-state index in [2.05, 4.69) is 37.2 Å². The summed E-state index contributed by atoms with van der Waals surface area (Å²) in [5, 5.41) is 0. The molecule has 58 valence electrons. The van der Waals surface area contributed by atoms with Crippen molar-refractivity contribution in [3.05, 3.63) is 35.9 Å². The lowest BCUT2D eigenvalue weighted by atomic mass is 9.76. The van der Waals surface area contributed by atoms with E-state index in [0.717, 1.165) is 0 Å². The minimum Gasteiger partial charge on any atom is -0.0893 e. The molecule has 0 N–H and O–H groups in total. The monoisotopic (exact) mass is 146 g/mol. The number of hydrogen-bond donors (Lipinski definition) is 0. The Hall–Kier alpha value is -0.715. The number of rotatable bonds is 4. The van der Waals surface area contributed by atoms with Crippen LogP contribution in [0.25, 0.3) is 0 Å². The second kappa shape index (κ2) is 5.00. The van der Waals surface area contributed by atoms with Gasteiger partial charge in [0.2, 0.25) is 0 Å². The van der Waals surface area contributed by atoms with Crippen LogP contribution in [0.15, 0.2) is 30.3 Å². The Bertz CT molecular complexity index is 181. The maximum Gasteiger partial charge on any atom is 0.117 e. The quantitative estimate of drug-likeness (QED) is 0.452. The van der Waals surface area contributed by atoms with Crippen LogP contribution in [0.5, 0.6) is 0 Å². The van der Waals surface area contributed by atoms with Crippen LogP contribution in [0.2, 0.25) is 13.1 Å². The molecule has 0 saturated carbocycles. The van der Waals surface area contributed by atoms with E-state index in [9.17, 15) is 0 Å². The first-order valence-corrected chi connectivity index (χ1v) is 4.47. The van der Waals surface area contributed by atoms with Crippen molar-refractivity contribution in [3.8, 4) is 0 Å². The first-order valence-electron chi connectivity index (χ1n) is 4.47. The van der Waals surface area contributed by atoms with E-state index in [1.807, 2.05) is 0 Å². The standard InChI is InChI=1S/C10H15B/c1-11-9-5-8-10-6-3-2-4-7-10/h2-4,6-7,11H,5,8-9H2,1H3. The molecule has 0 fully saturated rings. The van der Waals surface area contributed by atoms with Gasteiger partial charge in [-0.25, -0.2) is 0 Å². The molecule has 0 aromatic heterocycles. The van der Waals surface area contributed by atoms with Gasteiger partial charge in [0.05, 0.1) is 0 Å². The third kappa shape index (κ3) is 3.27. The van der Waals surface area contributed by atoms with E-state index in [-0.39, 0.29) is 0 Å². The number of benzene rings is 1. The molecular weight excluding hydrogens is 131 g/mol. The summed E-state index contributed by atoms with van der Waals surface area (Å²) in [5.74, 6) is 0. The van der Waals surface area contributed by atoms with Crippen molar-refractivity contribution in [2.24, 2.45) is 0 Å². The molecule has 0 aliphatic carbocycles. The smallest absolute Gasteiger partial charge is 0.0893 e. The predicted molar refractivity (Wildman–Crippen MR) is 52.6 cm³/mol. The Balaban J connectivity index is 2.28. The number of hydrogen-bond acceptors (Lipinski definition) is 0. The maximum absolute atomic E-state index is 2.24. The molecule has 0 aliphatic rings. The molecule has 1 heteroatoms. The zero-order chi connectivity index (χ0) is 7.94. The van der Waals surface area contributed by atoms with Crippen molar-refractivity contribution in [3.63, 3.8) is 0 Å². The summed E-state index contributed by atoms with van der Waals surface area (Å²) in [6.45, 7) is 2.24. The molecule has 0 unspecified atom stereocenters. The van der Waals surface area contributed by atoms with Crippen LogP contribution in [0.3, 0.4) is 0 Å². The molecule has 11 heavy (non-hydrogen) atoms. The lowest BCUT2D eigenvalue weighted by molar-refractivity contribution is 0.915. The Morgan fingerprint density at radius 3 is 2.55 bits per heavy atom. The van der Waals surface area contributed by atoms with Gasteiger partial charge in [-0.3, -0.25) is 0 Å². The predicted octanol–water partition coefficient (Wildman–Crippen LogP) is 2.52. The molecule has 0 aliphatic heterocycles. The van der Waals surface area contributed by atoms with E-state index in [4.69, 9.17) is 0 Å². The van der Waals surface area contributed by atoms with Gasteiger partial charge in [-0.2, -0.15) is 0 Å². The highest BCUT2D eigenvalue weighted by molar-refractivity contribution is 6.33. The van der Waals surface area contributed by atoms with E-state index >= 15 is 0 Å². The van der Waals surface area contributed by atoms with Crippen LogP contribution in [-0.4, -0.2) is 7.28 Å². The largest absolute Gasteiger partial charge is 0.117 e. The summed E-state index contributed by atoms with van der Waals surface area (Å²) < 4.78 is 0. The third-order valence-corrected chi connectivity index (χ3v) is 1.91. The van der Waals surface area contributed by atoms with Crippen molar-refractivity contribution in [2.45, 2.75) is 26.0 Å². The Morgan fingerprint density at radius 1 is 1.18 bits per heavy atom. The highest BCUT2D eigenvalue weighted by Gasteiger charge is 1.89. The van der Waals surface area contributed by atoms with Gasteiger partial charge in [-0.15, -0.1) is 0 Å². The average molecular weight is 146 g/mol. The van der Waals surface area contributed by atoms with Gasteiger partial charge < -0.3 is 0 Å². The SMILES string of the molecule is CBCCCc1ccccc1. The Labute approximate surface area is 69.9 Å². The fourth-order valence-electron chi connectivity index (χ4n) is 1.22. The van der Waals surface area contributed by atoms with E-state index < -0.39 is 0 Å². The lowest BCUT2D eigenvalue weighted by Crippen LogP contribution is -1.86. The van der Waals surface area contributed by atoms with Crippen LogP contribution in [0, 0.1) is 0 Å². The zero-order valence-electron chi connectivity index (χ0n) is 7.22. The summed E-state index contributed by atoms with van der Waals surface area (Å²) >= 11 is 0. The third-order valence-electron chi connectivity index (χ3n) is 1.91. The van der Waals surface area contributed by atoms with Crippen molar-refractivity contribution in [1.82, 2.24) is 0 Å². The minimum absolute atomic E-state index is 1.24. The summed E-state index contributed by atoms with van der Waals surface area (Å²) in [4.78, 5) is 0. The van der Waals surface area contributed by atoms with Gasteiger partial charge in [0.15, 0.2) is 0 Å². The summed E-state index contributed by atoms with van der Waals surface area (Å²) in [7, 11) is 1.31. The van der Waals surface area contributed by atoms with E-state index in [1.54, 1.807) is 0 Å². The molecule has 0 amide bonds. The van der Waals surface area contributed by atoms with Gasteiger partial charge in [-0.05, 0) is 12.0 Å². The molecule has 0 radical (unpaired) electrons. The Morgan fingerprint density at radius 2 is 1.91 bits per heavy atom. The second-order valence-electron chi connectivity index (χ2n) is 2.94. The lowest BCUT2D eigenvalue weighted by Gasteiger charge is -1.97. The zero-order valence-corrected chi connectivity index (χ0v) is 7.22. The normalized spacial score (nSPS) is 9.55. The highest BCUT2D eigenvalue weighted by Crippen LogP contribution is 2.03. The topological polar surface area (TPSA) is 0 Å². The van der Waals surface area contributed by atoms with Crippen LogP contribution in [0.1, 0.15) is 12.0 Å². The van der Waals surface area contributed by atoms with Gasteiger partial charge >= 0.3 is 0 Å². The molecular formula is C10H15B. The van der Waals surface area contributed by atoms with Crippen LogP contribution in [0.4, 0.5) is 0 Å². The molecule has 0 atom stereocenters. The molecule has 0 nitrogen and oxygen atoms in total. The van der Waals surface area contributed by atoms with Crippen LogP contribution in [-0.2, 0) is 6.42 Å². The van der Waals surface area contributed by atoms with Gasteiger partial charge in [-0.1, -0.05) is 49.9 Å². The van der Waals surface area contributed by atoms with Crippen molar-refractivity contribution in [2.75, 3.05) is 0 Å². The Kier molecular flexibility index (Phi) is 3.81. The maximum atomic E-state index is 2.24. The van der Waals surface area contributed by atoms with E-state index in [0.29, 0.717) is 0 Å². The summed E-state index contributed by atoms with van der Waals surface area (Å²) in [6, 6.07) is 10.7. The highest BCUT2D eigenvalue weighted by atomic mass is 13.9. The fourth-order valence-corrected chi connectivity index (χ4v) is 1.22. The first-order chi connectivity index (χ1) is 5.43. The van der Waals surface area contributed by atoms with Gasteiger partial charge in [0.1, 0.15) is 7.28 Å². The van der Waals surface area contributed by atoms with Crippen molar-refractivity contribution >= 4 is 7.28 Å². The molecule has 1 aromatic carbocycles. The van der Waals surface area contributed by atoms with Crippen LogP contribution < -0.4 is 0 Å². The van der Waals surface area contributed by atoms with Gasteiger partial charge in [0.25, 0.3) is 0 Å². The molecule has 0 saturated heterocycles. The first kappa shape index (κ1) is 8.38. The second-order valence-corrected chi connectivity index (χ2v) is 2.94.